The number of thioether (sulfide) groups is 1. The van der Waals surface area contributed by atoms with Crippen molar-refractivity contribution in [3.05, 3.63) is 63.6 Å². The van der Waals surface area contributed by atoms with Gasteiger partial charge in [-0.25, -0.2) is 0 Å². The number of likely N-dealkylation sites (tertiary alicyclic amines) is 1. The predicted molar refractivity (Wildman–Crippen MR) is 123 cm³/mol. The third kappa shape index (κ3) is 5.80. The number of methoxy groups -OCH3 is 1. The molecule has 2 aliphatic heterocycles. The van der Waals surface area contributed by atoms with E-state index in [1.807, 2.05) is 0 Å². The van der Waals surface area contributed by atoms with Crippen molar-refractivity contribution >= 4 is 28.9 Å². The standard InChI is InChI=1S/C24H20F6N2O3S/c1-34-19-10-14(11-20-21(33)31-22(36-20)32-8-2-3-9-32)4-7-18(19)35-13-15-5-6-16(23(25,26)27)12-17(15)24(28,29)30/h4-7,10-12H,2-3,8-9,13H2,1H3/b20-11-. The largest absolute Gasteiger partial charge is 0.493 e. The number of amidine groups is 1. The molecule has 192 valence electrons. The van der Waals surface area contributed by atoms with Crippen LogP contribution >= 0.6 is 11.8 Å². The third-order valence-electron chi connectivity index (χ3n) is 5.60. The van der Waals surface area contributed by atoms with Crippen LogP contribution in [0.25, 0.3) is 6.08 Å². The first-order valence-corrected chi connectivity index (χ1v) is 11.6. The van der Waals surface area contributed by atoms with Crippen LogP contribution < -0.4 is 9.47 Å². The molecule has 36 heavy (non-hydrogen) atoms. The molecule has 5 nitrogen and oxygen atoms in total. The minimum Gasteiger partial charge on any atom is -0.493 e. The van der Waals surface area contributed by atoms with E-state index in [1.165, 1.54) is 24.9 Å². The lowest BCUT2D eigenvalue weighted by Gasteiger charge is -2.17. The molecule has 0 radical (unpaired) electrons. The molecule has 4 rings (SSSR count). The fraction of sp³-hybridized carbons (Fsp3) is 0.333. The summed E-state index contributed by atoms with van der Waals surface area (Å²) in [6.07, 6.45) is -6.19. The summed E-state index contributed by atoms with van der Waals surface area (Å²) in [5, 5.41) is 0.660. The van der Waals surface area contributed by atoms with Crippen LogP contribution in [0.4, 0.5) is 26.3 Å². The topological polar surface area (TPSA) is 51.1 Å². The molecule has 0 spiro atoms. The monoisotopic (exact) mass is 530 g/mol. The van der Waals surface area contributed by atoms with Gasteiger partial charge in [-0.05, 0) is 60.5 Å². The van der Waals surface area contributed by atoms with E-state index in [9.17, 15) is 31.1 Å². The number of aliphatic imine (C=N–C) groups is 1. The number of hydrogen-bond donors (Lipinski definition) is 0. The summed E-state index contributed by atoms with van der Waals surface area (Å²) in [7, 11) is 1.34. The zero-order valence-corrected chi connectivity index (χ0v) is 19.7. The molecule has 2 aliphatic rings. The SMILES string of the molecule is COc1cc(/C=C2\SC(N3CCCC3)=NC2=O)ccc1OCc1ccc(C(F)(F)F)cc1C(F)(F)F. The number of amides is 1. The van der Waals surface area contributed by atoms with Crippen molar-refractivity contribution in [1.82, 2.24) is 4.90 Å². The minimum atomic E-state index is -5.00. The highest BCUT2D eigenvalue weighted by Gasteiger charge is 2.38. The van der Waals surface area contributed by atoms with Gasteiger partial charge < -0.3 is 14.4 Å². The van der Waals surface area contributed by atoms with E-state index in [4.69, 9.17) is 9.47 Å². The summed E-state index contributed by atoms with van der Waals surface area (Å²) < 4.78 is 89.6. The molecule has 0 unspecified atom stereocenters. The van der Waals surface area contributed by atoms with Gasteiger partial charge in [0.25, 0.3) is 5.91 Å². The van der Waals surface area contributed by atoms with Crippen LogP contribution in [-0.4, -0.2) is 36.2 Å². The number of hydrogen-bond acceptors (Lipinski definition) is 5. The number of benzene rings is 2. The van der Waals surface area contributed by atoms with Crippen molar-refractivity contribution in [2.24, 2.45) is 4.99 Å². The van der Waals surface area contributed by atoms with Crippen molar-refractivity contribution in [3.8, 4) is 11.5 Å². The maximum Gasteiger partial charge on any atom is 0.416 e. The zero-order chi connectivity index (χ0) is 26.1. The predicted octanol–water partition coefficient (Wildman–Crippen LogP) is 6.38. The Morgan fingerprint density at radius 2 is 1.72 bits per heavy atom. The molecule has 0 atom stereocenters. The molecular formula is C24H20F6N2O3S. The molecule has 12 heteroatoms. The Balaban J connectivity index is 1.51. The molecule has 2 aromatic rings. The lowest BCUT2D eigenvalue weighted by Crippen LogP contribution is -2.23. The highest BCUT2D eigenvalue weighted by atomic mass is 32.2. The van der Waals surface area contributed by atoms with E-state index in [1.54, 1.807) is 18.2 Å². The maximum absolute atomic E-state index is 13.4. The van der Waals surface area contributed by atoms with Gasteiger partial charge in [-0.2, -0.15) is 31.3 Å². The second-order valence-electron chi connectivity index (χ2n) is 8.07. The number of rotatable bonds is 5. The van der Waals surface area contributed by atoms with Crippen LogP contribution in [-0.2, 0) is 23.8 Å². The van der Waals surface area contributed by atoms with E-state index in [2.05, 4.69) is 9.89 Å². The zero-order valence-electron chi connectivity index (χ0n) is 18.9. The van der Waals surface area contributed by atoms with E-state index in [0.29, 0.717) is 21.7 Å². The normalized spacial score (nSPS) is 17.6. The highest BCUT2D eigenvalue weighted by Crippen LogP contribution is 2.39. The summed E-state index contributed by atoms with van der Waals surface area (Å²) in [6.45, 7) is 1.06. The Bertz CT molecular complexity index is 1220. The summed E-state index contributed by atoms with van der Waals surface area (Å²) in [6, 6.07) is 5.98. The maximum atomic E-state index is 13.4. The molecule has 1 saturated heterocycles. The number of alkyl halides is 6. The van der Waals surface area contributed by atoms with Gasteiger partial charge in [-0.15, -0.1) is 0 Å². The first kappa shape index (κ1) is 25.9. The number of nitrogens with zero attached hydrogens (tertiary/aromatic N) is 2. The number of carbonyl (C=O) groups excluding carboxylic acids is 1. The van der Waals surface area contributed by atoms with E-state index in [0.717, 1.165) is 32.0 Å². The van der Waals surface area contributed by atoms with E-state index in [-0.39, 0.29) is 23.5 Å². The second kappa shape index (κ2) is 10.1. The number of halogens is 6. The Morgan fingerprint density at radius 3 is 2.36 bits per heavy atom. The fourth-order valence-corrected chi connectivity index (χ4v) is 4.75. The van der Waals surface area contributed by atoms with Gasteiger partial charge in [-0.1, -0.05) is 12.1 Å². The lowest BCUT2D eigenvalue weighted by atomic mass is 10.0. The van der Waals surface area contributed by atoms with Crippen LogP contribution in [0.3, 0.4) is 0 Å². The number of carbonyl (C=O) groups is 1. The summed E-state index contributed by atoms with van der Waals surface area (Å²) in [4.78, 5) is 18.9. The molecule has 2 aromatic carbocycles. The first-order valence-electron chi connectivity index (χ1n) is 10.8. The van der Waals surface area contributed by atoms with E-state index >= 15 is 0 Å². The van der Waals surface area contributed by atoms with Crippen LogP contribution in [0, 0.1) is 0 Å². The van der Waals surface area contributed by atoms with Gasteiger partial charge in [0.15, 0.2) is 16.7 Å². The van der Waals surface area contributed by atoms with Crippen molar-refractivity contribution in [2.45, 2.75) is 31.8 Å². The minimum absolute atomic E-state index is 0.0694. The Morgan fingerprint density at radius 1 is 1.00 bits per heavy atom. The smallest absolute Gasteiger partial charge is 0.416 e. The molecule has 0 aromatic heterocycles. The Kier molecular flexibility index (Phi) is 7.26. The molecule has 0 N–H and O–H groups in total. The second-order valence-corrected chi connectivity index (χ2v) is 9.08. The molecule has 2 heterocycles. The fourth-order valence-electron chi connectivity index (χ4n) is 3.78. The summed E-state index contributed by atoms with van der Waals surface area (Å²) in [5.41, 5.74) is -2.70. The van der Waals surface area contributed by atoms with Crippen LogP contribution in [0.2, 0.25) is 0 Å². The van der Waals surface area contributed by atoms with Crippen LogP contribution in [0.15, 0.2) is 46.3 Å². The molecule has 0 bridgehead atoms. The van der Waals surface area contributed by atoms with E-state index < -0.39 is 35.6 Å². The average Bonchev–Trinajstić information content (AvgIpc) is 3.47. The van der Waals surface area contributed by atoms with Crippen molar-refractivity contribution < 1.29 is 40.6 Å². The molecule has 1 amide bonds. The van der Waals surface area contributed by atoms with Gasteiger partial charge in [0, 0.05) is 18.7 Å². The highest BCUT2D eigenvalue weighted by molar-refractivity contribution is 8.18. The number of ether oxygens (including phenoxy) is 2. The van der Waals surface area contributed by atoms with Crippen molar-refractivity contribution in [2.75, 3.05) is 20.2 Å². The molecule has 0 saturated carbocycles. The average molecular weight is 530 g/mol. The molecular weight excluding hydrogens is 510 g/mol. The van der Waals surface area contributed by atoms with Crippen molar-refractivity contribution in [1.29, 1.82) is 0 Å². The molecule has 1 fully saturated rings. The summed E-state index contributed by atoms with van der Waals surface area (Å²) in [5.74, 6) is -0.0868. The van der Waals surface area contributed by atoms with Gasteiger partial charge >= 0.3 is 12.4 Å². The van der Waals surface area contributed by atoms with Gasteiger partial charge in [0.05, 0.1) is 23.1 Å². The molecule has 0 aliphatic carbocycles. The van der Waals surface area contributed by atoms with Crippen LogP contribution in [0.5, 0.6) is 11.5 Å². The van der Waals surface area contributed by atoms with Crippen LogP contribution in [0.1, 0.15) is 35.1 Å². The van der Waals surface area contributed by atoms with Gasteiger partial charge in [-0.3, -0.25) is 4.79 Å². The van der Waals surface area contributed by atoms with Gasteiger partial charge in [0.1, 0.15) is 6.61 Å². The van der Waals surface area contributed by atoms with Crippen molar-refractivity contribution in [3.63, 3.8) is 0 Å². The summed E-state index contributed by atoms with van der Waals surface area (Å²) >= 11 is 1.27. The quantitative estimate of drug-likeness (QED) is 0.332. The Labute approximate surface area is 206 Å². The third-order valence-corrected chi connectivity index (χ3v) is 6.64. The lowest BCUT2D eigenvalue weighted by molar-refractivity contribution is -0.143. The Hall–Kier alpha value is -3.15. The first-order chi connectivity index (χ1) is 17.0. The van der Waals surface area contributed by atoms with Gasteiger partial charge in [0.2, 0.25) is 0 Å².